The van der Waals surface area contributed by atoms with E-state index in [9.17, 15) is 0 Å². The van der Waals surface area contributed by atoms with Crippen LogP contribution in [0.25, 0.3) is 22.4 Å². The first-order valence-corrected chi connectivity index (χ1v) is 7.55. The Morgan fingerprint density at radius 1 is 1.00 bits per heavy atom. The van der Waals surface area contributed by atoms with Gasteiger partial charge in [0.05, 0.1) is 11.6 Å². The van der Waals surface area contributed by atoms with Gasteiger partial charge in [-0.15, -0.1) is 35.9 Å². The van der Waals surface area contributed by atoms with E-state index in [0.29, 0.717) is 5.56 Å². The molecule has 0 aliphatic carbocycles. The zero-order valence-corrected chi connectivity index (χ0v) is 16.2. The summed E-state index contributed by atoms with van der Waals surface area (Å²) in [6, 6.07) is 19.2. The van der Waals surface area contributed by atoms with Gasteiger partial charge in [0, 0.05) is 31.9 Å². The summed E-state index contributed by atoms with van der Waals surface area (Å²) < 4.78 is 0. The van der Waals surface area contributed by atoms with Crippen molar-refractivity contribution in [3.05, 3.63) is 77.0 Å². The minimum Gasteiger partial charge on any atom is -0.304 e. The van der Waals surface area contributed by atoms with Gasteiger partial charge in [-0.1, -0.05) is 6.07 Å². The molecule has 24 heavy (non-hydrogen) atoms. The number of hydrogen-bond acceptors (Lipinski definition) is 2. The second kappa shape index (κ2) is 7.53. The van der Waals surface area contributed by atoms with Gasteiger partial charge in [-0.2, -0.15) is 5.26 Å². The van der Waals surface area contributed by atoms with E-state index in [4.69, 9.17) is 5.26 Å². The van der Waals surface area contributed by atoms with Crippen molar-refractivity contribution in [1.82, 2.24) is 4.98 Å². The Labute approximate surface area is 156 Å². The summed E-state index contributed by atoms with van der Waals surface area (Å²) in [7, 11) is 0. The molecule has 0 aliphatic rings. The number of nitriles is 1. The first kappa shape index (κ1) is 18.1. The molecule has 1 radical (unpaired) electrons. The Kier molecular flexibility index (Phi) is 5.67. The molecule has 121 valence electrons. The average molecular weight is 490 g/mol. The van der Waals surface area contributed by atoms with Crippen molar-refractivity contribution >= 4 is 0 Å². The van der Waals surface area contributed by atoms with Gasteiger partial charge in [-0.05, 0) is 60.9 Å². The summed E-state index contributed by atoms with van der Waals surface area (Å²) in [5, 5.41) is 9.10. The molecule has 3 heteroatoms. The first-order chi connectivity index (χ1) is 11.1. The minimum absolute atomic E-state index is 0. The Bertz CT molecular complexity index is 886. The number of aryl methyl sites for hydroxylation is 3. The molecule has 0 saturated heterocycles. The largest absolute Gasteiger partial charge is 0.304 e. The predicted octanol–water partition coefficient (Wildman–Crippen LogP) is 5.01. The molecule has 0 atom stereocenters. The van der Waals surface area contributed by atoms with Gasteiger partial charge in [-0.25, -0.2) is 0 Å². The van der Waals surface area contributed by atoms with Crippen molar-refractivity contribution in [2.75, 3.05) is 0 Å². The fourth-order valence-electron chi connectivity index (χ4n) is 2.97. The monoisotopic (exact) mass is 490 g/mol. The van der Waals surface area contributed by atoms with Crippen molar-refractivity contribution in [2.45, 2.75) is 20.8 Å². The summed E-state index contributed by atoms with van der Waals surface area (Å²) in [4.78, 5) is 4.61. The third-order valence-corrected chi connectivity index (χ3v) is 4.03. The maximum atomic E-state index is 9.10. The van der Waals surface area contributed by atoms with Gasteiger partial charge < -0.3 is 4.98 Å². The zero-order valence-electron chi connectivity index (χ0n) is 13.8. The molecule has 3 rings (SSSR count). The minimum atomic E-state index is 0. The van der Waals surface area contributed by atoms with Crippen LogP contribution in [-0.4, -0.2) is 4.98 Å². The Hall–Kier alpha value is -2.27. The maximum absolute atomic E-state index is 9.10. The molecule has 0 fully saturated rings. The SMILES string of the molecule is Cc1cc(-c2[c-]cccc2)ncc1-c1c(C)cc(C#N)cc1C.[Ir]. The van der Waals surface area contributed by atoms with Crippen LogP contribution < -0.4 is 0 Å². The third kappa shape index (κ3) is 3.46. The molecule has 0 saturated carbocycles. The maximum Gasteiger partial charge on any atom is 0.0991 e. The van der Waals surface area contributed by atoms with E-state index < -0.39 is 0 Å². The standard InChI is InChI=1S/C21H17N2.Ir/c1-14-11-20(18-7-5-4-6-8-18)23-13-19(14)21-15(2)9-17(12-22)10-16(21)3;/h4-7,9-11,13H,1-3H3;/q-1;. The third-order valence-electron chi connectivity index (χ3n) is 4.03. The van der Waals surface area contributed by atoms with Crippen molar-refractivity contribution in [2.24, 2.45) is 0 Å². The van der Waals surface area contributed by atoms with E-state index in [1.165, 1.54) is 5.56 Å². The van der Waals surface area contributed by atoms with Crippen molar-refractivity contribution in [1.29, 1.82) is 5.26 Å². The molecule has 0 bridgehead atoms. The molecule has 2 nitrogen and oxygen atoms in total. The molecular weight excluding hydrogens is 472 g/mol. The number of rotatable bonds is 2. The summed E-state index contributed by atoms with van der Waals surface area (Å²) in [5.41, 5.74) is 8.27. The molecule has 0 N–H and O–H groups in total. The van der Waals surface area contributed by atoms with Crippen molar-refractivity contribution in [3.8, 4) is 28.5 Å². The Morgan fingerprint density at radius 2 is 1.71 bits per heavy atom. The molecule has 2 aromatic carbocycles. The quantitative estimate of drug-likeness (QED) is 0.475. The second-order valence-corrected chi connectivity index (χ2v) is 5.76. The van der Waals surface area contributed by atoms with Gasteiger partial charge in [0.1, 0.15) is 0 Å². The van der Waals surface area contributed by atoms with Crippen LogP contribution in [0.4, 0.5) is 0 Å². The normalized spacial score (nSPS) is 9.92. The van der Waals surface area contributed by atoms with Crippen LogP contribution in [0, 0.1) is 38.2 Å². The molecule has 0 spiro atoms. The van der Waals surface area contributed by atoms with Gasteiger partial charge in [0.2, 0.25) is 0 Å². The van der Waals surface area contributed by atoms with E-state index >= 15 is 0 Å². The van der Waals surface area contributed by atoms with E-state index in [2.05, 4.69) is 30.1 Å². The van der Waals surface area contributed by atoms with Crippen LogP contribution >= 0.6 is 0 Å². The summed E-state index contributed by atoms with van der Waals surface area (Å²) in [5.74, 6) is 0. The molecule has 3 aromatic rings. The van der Waals surface area contributed by atoms with Crippen LogP contribution in [0.2, 0.25) is 0 Å². The van der Waals surface area contributed by atoms with E-state index in [0.717, 1.165) is 33.5 Å². The molecule has 0 amide bonds. The molecule has 0 unspecified atom stereocenters. The van der Waals surface area contributed by atoms with Crippen LogP contribution in [0.5, 0.6) is 0 Å². The first-order valence-electron chi connectivity index (χ1n) is 7.55. The van der Waals surface area contributed by atoms with Crippen molar-refractivity contribution < 1.29 is 20.1 Å². The number of benzene rings is 2. The molecule has 0 aliphatic heterocycles. The fourth-order valence-corrected chi connectivity index (χ4v) is 2.97. The smallest absolute Gasteiger partial charge is 0.0991 e. The van der Waals surface area contributed by atoms with E-state index in [1.807, 2.05) is 56.4 Å². The number of aromatic nitrogens is 1. The van der Waals surface area contributed by atoms with Crippen LogP contribution in [0.3, 0.4) is 0 Å². The van der Waals surface area contributed by atoms with Crippen LogP contribution in [0.15, 0.2) is 48.7 Å². The van der Waals surface area contributed by atoms with Gasteiger partial charge >= 0.3 is 0 Å². The Balaban J connectivity index is 0.00000208. The second-order valence-electron chi connectivity index (χ2n) is 5.76. The van der Waals surface area contributed by atoms with E-state index in [-0.39, 0.29) is 20.1 Å². The molecule has 1 aromatic heterocycles. The van der Waals surface area contributed by atoms with Crippen molar-refractivity contribution in [3.63, 3.8) is 0 Å². The predicted molar refractivity (Wildman–Crippen MR) is 92.9 cm³/mol. The topological polar surface area (TPSA) is 36.7 Å². The number of hydrogen-bond donors (Lipinski definition) is 0. The number of nitrogens with zero attached hydrogens (tertiary/aromatic N) is 2. The fraction of sp³-hybridized carbons (Fsp3) is 0.143. The summed E-state index contributed by atoms with van der Waals surface area (Å²) in [6.45, 7) is 6.18. The summed E-state index contributed by atoms with van der Waals surface area (Å²) in [6.07, 6.45) is 1.92. The van der Waals surface area contributed by atoms with Gasteiger partial charge in [-0.3, -0.25) is 0 Å². The average Bonchev–Trinajstić information content (AvgIpc) is 2.56. The van der Waals surface area contributed by atoms with E-state index in [1.54, 1.807) is 0 Å². The molecular formula is C21H17IrN2-. The van der Waals surface area contributed by atoms with Crippen LogP contribution in [-0.2, 0) is 20.1 Å². The molecule has 1 heterocycles. The zero-order chi connectivity index (χ0) is 16.4. The number of pyridine rings is 1. The Morgan fingerprint density at radius 3 is 2.25 bits per heavy atom. The van der Waals surface area contributed by atoms with Gasteiger partial charge in [0.25, 0.3) is 0 Å². The summed E-state index contributed by atoms with van der Waals surface area (Å²) >= 11 is 0. The van der Waals surface area contributed by atoms with Gasteiger partial charge in [0.15, 0.2) is 0 Å². The van der Waals surface area contributed by atoms with Crippen LogP contribution in [0.1, 0.15) is 22.3 Å².